The van der Waals surface area contributed by atoms with Crippen LogP contribution in [0.5, 0.6) is 0 Å². The minimum atomic E-state index is -0.170. The Morgan fingerprint density at radius 3 is 2.43 bits per heavy atom. The average Bonchev–Trinajstić information content (AvgIpc) is 2.90. The molecule has 2 aliphatic heterocycles. The first-order valence-corrected chi connectivity index (χ1v) is 7.81. The molecule has 0 bridgehead atoms. The van der Waals surface area contributed by atoms with Crippen molar-refractivity contribution in [1.29, 1.82) is 0 Å². The Bertz CT molecular complexity index is 532. The zero-order chi connectivity index (χ0) is 14.8. The Morgan fingerprint density at radius 1 is 1.10 bits per heavy atom. The number of piperidine rings is 1. The normalized spacial score (nSPS) is 22.7. The zero-order valence-electron chi connectivity index (χ0n) is 12.5. The van der Waals surface area contributed by atoms with Gasteiger partial charge >= 0.3 is 0 Å². The summed E-state index contributed by atoms with van der Waals surface area (Å²) < 4.78 is 0. The highest BCUT2D eigenvalue weighted by Gasteiger charge is 2.37. The van der Waals surface area contributed by atoms with Gasteiger partial charge in [-0.05, 0) is 38.3 Å². The van der Waals surface area contributed by atoms with Crippen LogP contribution in [0.1, 0.15) is 31.2 Å². The minimum Gasteiger partial charge on any atom is -0.342 e. The van der Waals surface area contributed by atoms with Gasteiger partial charge < -0.3 is 9.80 Å². The Hall–Kier alpha value is -1.84. The number of aryl methyl sites for hydroxylation is 1. The van der Waals surface area contributed by atoms with Gasteiger partial charge in [0.25, 0.3) is 0 Å². The Labute approximate surface area is 125 Å². The number of carbonyl (C=O) groups is 2. The van der Waals surface area contributed by atoms with E-state index in [4.69, 9.17) is 0 Å². The highest BCUT2D eigenvalue weighted by atomic mass is 16.2. The van der Waals surface area contributed by atoms with Gasteiger partial charge in [0.2, 0.25) is 11.8 Å². The second kappa shape index (κ2) is 5.88. The van der Waals surface area contributed by atoms with Gasteiger partial charge in [-0.25, -0.2) is 0 Å². The van der Waals surface area contributed by atoms with E-state index < -0.39 is 0 Å². The molecule has 21 heavy (non-hydrogen) atoms. The van der Waals surface area contributed by atoms with Gasteiger partial charge in [0.1, 0.15) is 0 Å². The van der Waals surface area contributed by atoms with Crippen LogP contribution in [0.2, 0.25) is 0 Å². The van der Waals surface area contributed by atoms with E-state index in [0.29, 0.717) is 13.0 Å². The summed E-state index contributed by atoms with van der Waals surface area (Å²) in [5, 5.41) is 0. The van der Waals surface area contributed by atoms with E-state index >= 15 is 0 Å². The van der Waals surface area contributed by atoms with Crippen LogP contribution >= 0.6 is 0 Å². The van der Waals surface area contributed by atoms with Crippen molar-refractivity contribution in [3.63, 3.8) is 0 Å². The third kappa shape index (κ3) is 2.94. The van der Waals surface area contributed by atoms with Crippen molar-refractivity contribution in [2.24, 2.45) is 5.92 Å². The largest absolute Gasteiger partial charge is 0.342 e. The van der Waals surface area contributed by atoms with E-state index in [2.05, 4.69) is 0 Å². The second-order valence-corrected chi connectivity index (χ2v) is 6.13. The molecule has 112 valence electrons. The Kier molecular flexibility index (Phi) is 3.95. The Morgan fingerprint density at radius 2 is 1.76 bits per heavy atom. The molecule has 2 saturated heterocycles. The summed E-state index contributed by atoms with van der Waals surface area (Å²) in [5.41, 5.74) is 2.07. The van der Waals surface area contributed by atoms with Crippen molar-refractivity contribution in [2.45, 2.75) is 32.6 Å². The average molecular weight is 286 g/mol. The summed E-state index contributed by atoms with van der Waals surface area (Å²) in [6, 6.07) is 7.92. The lowest BCUT2D eigenvalue weighted by molar-refractivity contribution is -0.136. The summed E-state index contributed by atoms with van der Waals surface area (Å²) in [5.74, 6) is 0.0591. The van der Waals surface area contributed by atoms with E-state index in [1.807, 2.05) is 36.1 Å². The Balaban J connectivity index is 1.69. The molecule has 0 aromatic heterocycles. The first-order valence-electron chi connectivity index (χ1n) is 7.81. The maximum atomic E-state index is 12.5. The fraction of sp³-hybridized carbons (Fsp3) is 0.529. The molecule has 1 aromatic carbocycles. The SMILES string of the molecule is Cc1ccc(N2C[C@H](C(=O)N3CCCCC3)CC2=O)cc1. The topological polar surface area (TPSA) is 40.6 Å². The standard InChI is InChI=1S/C17H22N2O2/c1-13-5-7-15(8-6-13)19-12-14(11-16(19)20)17(21)18-9-3-2-4-10-18/h5-8,14H,2-4,9-12H2,1H3/t14-/m1/s1. The molecule has 1 atom stereocenters. The van der Waals surface area contributed by atoms with E-state index in [-0.39, 0.29) is 17.7 Å². The smallest absolute Gasteiger partial charge is 0.228 e. The van der Waals surface area contributed by atoms with Crippen molar-refractivity contribution < 1.29 is 9.59 Å². The maximum Gasteiger partial charge on any atom is 0.228 e. The monoisotopic (exact) mass is 286 g/mol. The molecule has 4 heteroatoms. The van der Waals surface area contributed by atoms with E-state index in [1.54, 1.807) is 4.90 Å². The molecule has 0 radical (unpaired) electrons. The number of rotatable bonds is 2. The van der Waals surface area contributed by atoms with Gasteiger partial charge in [0.15, 0.2) is 0 Å². The number of hydrogen-bond acceptors (Lipinski definition) is 2. The van der Waals surface area contributed by atoms with Gasteiger partial charge in [-0.2, -0.15) is 0 Å². The summed E-state index contributed by atoms with van der Waals surface area (Å²) in [4.78, 5) is 28.4. The molecule has 2 amide bonds. The van der Waals surface area contributed by atoms with E-state index in [0.717, 1.165) is 31.6 Å². The molecule has 0 aliphatic carbocycles. The van der Waals surface area contributed by atoms with Gasteiger partial charge in [-0.1, -0.05) is 17.7 Å². The quantitative estimate of drug-likeness (QED) is 0.837. The van der Waals surface area contributed by atoms with Crippen LogP contribution in [-0.2, 0) is 9.59 Å². The molecule has 0 unspecified atom stereocenters. The fourth-order valence-corrected chi connectivity index (χ4v) is 3.22. The molecule has 0 saturated carbocycles. The van der Waals surface area contributed by atoms with Gasteiger partial charge in [0, 0.05) is 31.7 Å². The van der Waals surface area contributed by atoms with Gasteiger partial charge in [-0.15, -0.1) is 0 Å². The predicted molar refractivity (Wildman–Crippen MR) is 82.1 cm³/mol. The molecular weight excluding hydrogens is 264 g/mol. The number of carbonyl (C=O) groups excluding carboxylic acids is 2. The lowest BCUT2D eigenvalue weighted by atomic mass is 10.0. The molecule has 3 rings (SSSR count). The number of anilines is 1. The van der Waals surface area contributed by atoms with Gasteiger partial charge in [-0.3, -0.25) is 9.59 Å². The predicted octanol–water partition coefficient (Wildman–Crippen LogP) is 2.36. The van der Waals surface area contributed by atoms with Crippen LogP contribution in [0, 0.1) is 12.8 Å². The lowest BCUT2D eigenvalue weighted by Crippen LogP contribution is -2.40. The molecule has 1 aromatic rings. The number of nitrogens with zero attached hydrogens (tertiary/aromatic N) is 2. The van der Waals surface area contributed by atoms with Crippen molar-refractivity contribution in [3.05, 3.63) is 29.8 Å². The molecule has 2 aliphatic rings. The maximum absolute atomic E-state index is 12.5. The van der Waals surface area contributed by atoms with Crippen molar-refractivity contribution in [3.8, 4) is 0 Å². The molecule has 2 heterocycles. The van der Waals surface area contributed by atoms with Crippen molar-refractivity contribution in [2.75, 3.05) is 24.5 Å². The molecule has 4 nitrogen and oxygen atoms in total. The van der Waals surface area contributed by atoms with E-state index in [1.165, 1.54) is 12.0 Å². The zero-order valence-corrected chi connectivity index (χ0v) is 12.5. The molecular formula is C17H22N2O2. The van der Waals surface area contributed by atoms with Crippen molar-refractivity contribution >= 4 is 17.5 Å². The molecule has 0 spiro atoms. The summed E-state index contributed by atoms with van der Waals surface area (Å²) >= 11 is 0. The number of benzene rings is 1. The minimum absolute atomic E-state index is 0.0641. The fourth-order valence-electron chi connectivity index (χ4n) is 3.22. The van der Waals surface area contributed by atoms with Crippen LogP contribution in [-0.4, -0.2) is 36.3 Å². The molecule has 2 fully saturated rings. The number of likely N-dealkylation sites (tertiary alicyclic amines) is 1. The van der Waals surface area contributed by atoms with E-state index in [9.17, 15) is 9.59 Å². The summed E-state index contributed by atoms with van der Waals surface area (Å²) in [7, 11) is 0. The number of hydrogen-bond donors (Lipinski definition) is 0. The van der Waals surface area contributed by atoms with Crippen LogP contribution in [0.3, 0.4) is 0 Å². The third-order valence-corrected chi connectivity index (χ3v) is 4.49. The van der Waals surface area contributed by atoms with Crippen LogP contribution < -0.4 is 4.90 Å². The lowest BCUT2D eigenvalue weighted by Gasteiger charge is -2.29. The van der Waals surface area contributed by atoms with Crippen LogP contribution in [0.4, 0.5) is 5.69 Å². The second-order valence-electron chi connectivity index (χ2n) is 6.13. The highest BCUT2D eigenvalue weighted by molar-refractivity contribution is 6.00. The van der Waals surface area contributed by atoms with Crippen LogP contribution in [0.15, 0.2) is 24.3 Å². The van der Waals surface area contributed by atoms with Crippen LogP contribution in [0.25, 0.3) is 0 Å². The van der Waals surface area contributed by atoms with Gasteiger partial charge in [0.05, 0.1) is 5.92 Å². The highest BCUT2D eigenvalue weighted by Crippen LogP contribution is 2.27. The first kappa shape index (κ1) is 14.1. The summed E-state index contributed by atoms with van der Waals surface area (Å²) in [6.45, 7) is 4.26. The third-order valence-electron chi connectivity index (χ3n) is 4.49. The van der Waals surface area contributed by atoms with Crippen molar-refractivity contribution in [1.82, 2.24) is 4.90 Å². The molecule has 0 N–H and O–H groups in total. The summed E-state index contributed by atoms with van der Waals surface area (Å²) in [6.07, 6.45) is 3.74. The first-order chi connectivity index (χ1) is 10.1. The number of amides is 2.